The van der Waals surface area contributed by atoms with Gasteiger partial charge in [-0.25, -0.2) is 15.0 Å². The number of hydrogen-bond donors (Lipinski definition) is 0. The minimum atomic E-state index is 0.636. The SMILES string of the molecule is c1ccc(-c2nc(-c3cccc(-c4cccc5oc6ccccc6c45)c3)nc(-c3ccc4c(c3)sc3ccccc34)n2)cc1. The molecule has 0 amide bonds. The van der Waals surface area contributed by atoms with E-state index < -0.39 is 0 Å². The molecule has 0 radical (unpaired) electrons. The van der Waals surface area contributed by atoms with Crippen molar-refractivity contribution in [2.24, 2.45) is 0 Å². The molecule has 3 heterocycles. The van der Waals surface area contributed by atoms with E-state index >= 15 is 0 Å². The Kier molecular flexibility index (Phi) is 5.64. The maximum absolute atomic E-state index is 6.18. The second-order valence-electron chi connectivity index (χ2n) is 10.8. The fourth-order valence-corrected chi connectivity index (χ4v) is 7.20. The molecule has 0 aliphatic carbocycles. The summed E-state index contributed by atoms with van der Waals surface area (Å²) in [6, 6.07) is 48.0. The van der Waals surface area contributed by atoms with Crippen LogP contribution in [0.1, 0.15) is 0 Å². The number of hydrogen-bond acceptors (Lipinski definition) is 5. The van der Waals surface area contributed by atoms with E-state index in [0.717, 1.165) is 49.8 Å². The monoisotopic (exact) mass is 581 g/mol. The van der Waals surface area contributed by atoms with Gasteiger partial charge >= 0.3 is 0 Å². The van der Waals surface area contributed by atoms with Crippen LogP contribution < -0.4 is 0 Å². The molecule has 0 N–H and O–H groups in total. The van der Waals surface area contributed by atoms with Crippen molar-refractivity contribution in [1.29, 1.82) is 0 Å². The molecule has 9 rings (SSSR count). The number of rotatable bonds is 4. The number of thiophene rings is 1. The lowest BCUT2D eigenvalue weighted by molar-refractivity contribution is 0.669. The molecular weight excluding hydrogens is 559 g/mol. The molecule has 0 saturated carbocycles. The predicted octanol–water partition coefficient (Wildman–Crippen LogP) is 10.8. The summed E-state index contributed by atoms with van der Waals surface area (Å²) in [6.45, 7) is 0. The third kappa shape index (κ3) is 4.09. The zero-order valence-corrected chi connectivity index (χ0v) is 24.3. The summed E-state index contributed by atoms with van der Waals surface area (Å²) in [5, 5.41) is 4.74. The normalized spacial score (nSPS) is 11.6. The average molecular weight is 582 g/mol. The van der Waals surface area contributed by atoms with E-state index in [9.17, 15) is 0 Å². The number of furan rings is 1. The highest BCUT2D eigenvalue weighted by atomic mass is 32.1. The molecule has 3 aromatic heterocycles. The Morgan fingerprint density at radius 1 is 0.409 bits per heavy atom. The fraction of sp³-hybridized carbons (Fsp3) is 0. The molecule has 6 aromatic carbocycles. The minimum absolute atomic E-state index is 0.636. The van der Waals surface area contributed by atoms with E-state index in [-0.39, 0.29) is 0 Å². The molecule has 0 atom stereocenters. The molecule has 0 fully saturated rings. The first-order valence-corrected chi connectivity index (χ1v) is 15.3. The van der Waals surface area contributed by atoms with Gasteiger partial charge in [0.05, 0.1) is 0 Å². The van der Waals surface area contributed by atoms with Crippen LogP contribution in [0.15, 0.2) is 144 Å². The number of aromatic nitrogens is 3. The summed E-state index contributed by atoms with van der Waals surface area (Å²) in [6.07, 6.45) is 0. The molecule has 0 spiro atoms. The van der Waals surface area contributed by atoms with Gasteiger partial charge in [-0.05, 0) is 41.5 Å². The summed E-state index contributed by atoms with van der Waals surface area (Å²) < 4.78 is 8.67. The summed E-state index contributed by atoms with van der Waals surface area (Å²) >= 11 is 1.79. The second-order valence-corrected chi connectivity index (χ2v) is 11.9. The van der Waals surface area contributed by atoms with Gasteiger partial charge in [0.1, 0.15) is 11.2 Å². The largest absolute Gasteiger partial charge is 0.456 e. The molecule has 9 aromatic rings. The number of para-hydroxylation sites is 1. The van der Waals surface area contributed by atoms with E-state index in [1.54, 1.807) is 11.3 Å². The van der Waals surface area contributed by atoms with Gasteiger partial charge in [0.25, 0.3) is 0 Å². The van der Waals surface area contributed by atoms with Crippen LogP contribution >= 0.6 is 11.3 Å². The van der Waals surface area contributed by atoms with Crippen molar-refractivity contribution in [1.82, 2.24) is 15.0 Å². The van der Waals surface area contributed by atoms with E-state index in [1.807, 2.05) is 54.6 Å². The van der Waals surface area contributed by atoms with E-state index in [4.69, 9.17) is 19.4 Å². The highest BCUT2D eigenvalue weighted by Crippen LogP contribution is 2.39. The molecular formula is C39H23N3OS. The highest BCUT2D eigenvalue weighted by Gasteiger charge is 2.16. The molecule has 0 aliphatic rings. The third-order valence-electron chi connectivity index (χ3n) is 8.14. The number of nitrogens with zero attached hydrogens (tertiary/aromatic N) is 3. The lowest BCUT2D eigenvalue weighted by Crippen LogP contribution is -2.00. The van der Waals surface area contributed by atoms with Crippen molar-refractivity contribution >= 4 is 53.4 Å². The van der Waals surface area contributed by atoms with E-state index in [0.29, 0.717) is 17.5 Å². The topological polar surface area (TPSA) is 51.8 Å². The number of fused-ring (bicyclic) bond motifs is 6. The quantitative estimate of drug-likeness (QED) is 0.207. The van der Waals surface area contributed by atoms with Gasteiger partial charge in [-0.3, -0.25) is 0 Å². The summed E-state index contributed by atoms with van der Waals surface area (Å²) in [7, 11) is 0. The second kappa shape index (κ2) is 9.97. The van der Waals surface area contributed by atoms with Crippen LogP contribution in [0, 0.1) is 0 Å². The van der Waals surface area contributed by atoms with Gasteiger partial charge < -0.3 is 4.42 Å². The Hall–Kier alpha value is -5.65. The van der Waals surface area contributed by atoms with Crippen LogP contribution in [0.25, 0.3) is 87.4 Å². The smallest absolute Gasteiger partial charge is 0.164 e. The van der Waals surface area contributed by atoms with Gasteiger partial charge in [-0.15, -0.1) is 11.3 Å². The Morgan fingerprint density at radius 3 is 1.89 bits per heavy atom. The van der Waals surface area contributed by atoms with Crippen LogP contribution in [0.5, 0.6) is 0 Å². The molecule has 0 bridgehead atoms. The van der Waals surface area contributed by atoms with Crippen molar-refractivity contribution in [3.63, 3.8) is 0 Å². The Labute approximate surface area is 256 Å². The molecule has 0 unspecified atom stereocenters. The molecule has 206 valence electrons. The first-order chi connectivity index (χ1) is 21.8. The first kappa shape index (κ1) is 24.9. The highest BCUT2D eigenvalue weighted by molar-refractivity contribution is 7.25. The molecule has 44 heavy (non-hydrogen) atoms. The van der Waals surface area contributed by atoms with Crippen molar-refractivity contribution < 1.29 is 4.42 Å². The minimum Gasteiger partial charge on any atom is -0.456 e. The molecule has 4 nitrogen and oxygen atoms in total. The zero-order valence-electron chi connectivity index (χ0n) is 23.4. The van der Waals surface area contributed by atoms with Gasteiger partial charge in [0.15, 0.2) is 17.5 Å². The van der Waals surface area contributed by atoms with Crippen LogP contribution in [0.2, 0.25) is 0 Å². The van der Waals surface area contributed by atoms with Crippen LogP contribution in [-0.2, 0) is 0 Å². The first-order valence-electron chi connectivity index (χ1n) is 14.5. The van der Waals surface area contributed by atoms with E-state index in [1.165, 1.54) is 20.2 Å². The summed E-state index contributed by atoms with van der Waals surface area (Å²) in [4.78, 5) is 15.0. The summed E-state index contributed by atoms with van der Waals surface area (Å²) in [5.41, 5.74) is 6.80. The zero-order chi connectivity index (χ0) is 29.0. The van der Waals surface area contributed by atoms with Gasteiger partial charge in [0.2, 0.25) is 0 Å². The number of benzene rings is 6. The van der Waals surface area contributed by atoms with Crippen LogP contribution in [-0.4, -0.2) is 15.0 Å². The van der Waals surface area contributed by atoms with Crippen LogP contribution in [0.3, 0.4) is 0 Å². The maximum Gasteiger partial charge on any atom is 0.164 e. The van der Waals surface area contributed by atoms with Crippen LogP contribution in [0.4, 0.5) is 0 Å². The standard InChI is InChI=1S/C39H23N3OS/c1-2-10-24(11-3-1)37-40-38(42-39(41-37)27-20-21-30-29-14-5-7-19-34(29)44-35(30)23-27)26-13-8-12-25(22-26)28-16-9-18-33-36(28)31-15-4-6-17-32(31)43-33/h1-23H. The van der Waals surface area contributed by atoms with Gasteiger partial charge in [-0.2, -0.15) is 0 Å². The fourth-order valence-electron chi connectivity index (χ4n) is 6.06. The van der Waals surface area contributed by atoms with Crippen molar-refractivity contribution in [2.45, 2.75) is 0 Å². The van der Waals surface area contributed by atoms with Crippen molar-refractivity contribution in [2.75, 3.05) is 0 Å². The van der Waals surface area contributed by atoms with E-state index in [2.05, 4.69) is 84.9 Å². The van der Waals surface area contributed by atoms with Gasteiger partial charge in [0, 0.05) is 47.6 Å². The lowest BCUT2D eigenvalue weighted by Gasteiger charge is -2.10. The summed E-state index contributed by atoms with van der Waals surface area (Å²) in [5.74, 6) is 1.94. The lowest BCUT2D eigenvalue weighted by atomic mass is 9.98. The van der Waals surface area contributed by atoms with Crippen molar-refractivity contribution in [3.05, 3.63) is 140 Å². The Balaban J connectivity index is 1.22. The maximum atomic E-state index is 6.18. The Morgan fingerprint density at radius 2 is 1.02 bits per heavy atom. The predicted molar refractivity (Wildman–Crippen MR) is 182 cm³/mol. The average Bonchev–Trinajstić information content (AvgIpc) is 3.66. The third-order valence-corrected chi connectivity index (χ3v) is 9.27. The molecule has 5 heteroatoms. The molecule has 0 saturated heterocycles. The van der Waals surface area contributed by atoms with Crippen molar-refractivity contribution in [3.8, 4) is 45.3 Å². The Bertz CT molecular complexity index is 2510. The van der Waals surface area contributed by atoms with Gasteiger partial charge in [-0.1, -0.05) is 109 Å². The molecule has 0 aliphatic heterocycles.